The van der Waals surface area contributed by atoms with Crippen molar-refractivity contribution < 1.29 is 0 Å². The second kappa shape index (κ2) is 4.19. The Morgan fingerprint density at radius 2 is 1.92 bits per heavy atom. The monoisotopic (exact) mass is 166 g/mol. The van der Waals surface area contributed by atoms with Crippen LogP contribution in [0, 0.1) is 0 Å². The summed E-state index contributed by atoms with van der Waals surface area (Å²) in [6, 6.07) is 0. The van der Waals surface area contributed by atoms with Crippen LogP contribution in [0.25, 0.3) is 0 Å². The van der Waals surface area contributed by atoms with E-state index in [1.807, 2.05) is 20.0 Å². The summed E-state index contributed by atoms with van der Waals surface area (Å²) in [6.07, 6.45) is 7.05. The minimum absolute atomic E-state index is 0.884. The first kappa shape index (κ1) is 9.17. The Labute approximate surface area is 74.2 Å². The maximum absolute atomic E-state index is 5.71. The van der Waals surface area contributed by atoms with Gasteiger partial charge in [-0.05, 0) is 36.8 Å². The summed E-state index contributed by atoms with van der Waals surface area (Å²) >= 11 is 0. The SMILES string of the molecule is CC.Nc1[nH]cc2c1CCCC2. The molecule has 0 saturated carbocycles. The van der Waals surface area contributed by atoms with Crippen molar-refractivity contribution in [1.82, 2.24) is 4.98 Å². The largest absolute Gasteiger partial charge is 0.385 e. The average Bonchev–Trinajstić information content (AvgIpc) is 2.53. The summed E-state index contributed by atoms with van der Waals surface area (Å²) in [6.45, 7) is 4.00. The van der Waals surface area contributed by atoms with Gasteiger partial charge < -0.3 is 10.7 Å². The van der Waals surface area contributed by atoms with Crippen molar-refractivity contribution in [2.75, 3.05) is 5.73 Å². The van der Waals surface area contributed by atoms with Gasteiger partial charge in [0.2, 0.25) is 0 Å². The third-order valence-corrected chi connectivity index (χ3v) is 2.24. The minimum atomic E-state index is 0.884. The summed E-state index contributed by atoms with van der Waals surface area (Å²) in [7, 11) is 0. The van der Waals surface area contributed by atoms with Gasteiger partial charge in [0.15, 0.2) is 0 Å². The number of H-pyrrole nitrogens is 1. The molecular weight excluding hydrogens is 148 g/mol. The van der Waals surface area contributed by atoms with Crippen molar-refractivity contribution >= 4 is 5.82 Å². The Balaban J connectivity index is 0.000000336. The van der Waals surface area contributed by atoms with E-state index in [0.717, 1.165) is 5.82 Å². The lowest BCUT2D eigenvalue weighted by Crippen LogP contribution is -2.01. The lowest BCUT2D eigenvalue weighted by molar-refractivity contribution is 0.691. The Hall–Kier alpha value is -0.920. The summed E-state index contributed by atoms with van der Waals surface area (Å²) in [5.41, 5.74) is 8.51. The molecule has 68 valence electrons. The molecular formula is C10H18N2. The van der Waals surface area contributed by atoms with Gasteiger partial charge in [0.1, 0.15) is 5.82 Å². The third kappa shape index (κ3) is 1.63. The number of aromatic amines is 1. The lowest BCUT2D eigenvalue weighted by Gasteiger charge is -2.10. The van der Waals surface area contributed by atoms with E-state index in [0.29, 0.717) is 0 Å². The maximum Gasteiger partial charge on any atom is 0.104 e. The highest BCUT2D eigenvalue weighted by atomic mass is 14.8. The number of hydrogen-bond donors (Lipinski definition) is 2. The molecule has 1 heterocycles. The molecule has 0 saturated heterocycles. The van der Waals surface area contributed by atoms with E-state index < -0.39 is 0 Å². The summed E-state index contributed by atoms with van der Waals surface area (Å²) in [4.78, 5) is 3.06. The van der Waals surface area contributed by atoms with Crippen LogP contribution in [0.2, 0.25) is 0 Å². The summed E-state index contributed by atoms with van der Waals surface area (Å²) in [5.74, 6) is 0.884. The molecule has 1 aliphatic carbocycles. The van der Waals surface area contributed by atoms with Crippen molar-refractivity contribution in [3.63, 3.8) is 0 Å². The first-order valence-electron chi connectivity index (χ1n) is 4.82. The Bertz CT molecular complexity index is 238. The predicted octanol–water partition coefficient (Wildman–Crippen LogP) is 2.50. The van der Waals surface area contributed by atoms with Crippen LogP contribution in [0.4, 0.5) is 5.82 Å². The Morgan fingerprint density at radius 3 is 2.58 bits per heavy atom. The number of nitrogens with two attached hydrogens (primary N) is 1. The third-order valence-electron chi connectivity index (χ3n) is 2.24. The van der Waals surface area contributed by atoms with Crippen LogP contribution in [-0.2, 0) is 12.8 Å². The van der Waals surface area contributed by atoms with Gasteiger partial charge in [0.05, 0.1) is 0 Å². The number of anilines is 1. The summed E-state index contributed by atoms with van der Waals surface area (Å²) < 4.78 is 0. The molecule has 0 radical (unpaired) electrons. The number of nitrogens with one attached hydrogen (secondary N) is 1. The van der Waals surface area contributed by atoms with Gasteiger partial charge in [-0.25, -0.2) is 0 Å². The molecule has 0 amide bonds. The zero-order chi connectivity index (χ0) is 8.97. The van der Waals surface area contributed by atoms with E-state index in [2.05, 4.69) is 4.98 Å². The highest BCUT2D eigenvalue weighted by Gasteiger charge is 2.12. The van der Waals surface area contributed by atoms with Crippen molar-refractivity contribution in [2.45, 2.75) is 39.5 Å². The quantitative estimate of drug-likeness (QED) is 0.611. The van der Waals surface area contributed by atoms with Crippen LogP contribution >= 0.6 is 0 Å². The number of rotatable bonds is 0. The lowest BCUT2D eigenvalue weighted by atomic mass is 9.95. The fourth-order valence-corrected chi connectivity index (χ4v) is 1.65. The van der Waals surface area contributed by atoms with Gasteiger partial charge in [0, 0.05) is 6.20 Å². The van der Waals surface area contributed by atoms with Crippen LogP contribution in [0.5, 0.6) is 0 Å². The molecule has 0 atom stereocenters. The van der Waals surface area contributed by atoms with E-state index in [-0.39, 0.29) is 0 Å². The van der Waals surface area contributed by atoms with Crippen molar-refractivity contribution in [2.24, 2.45) is 0 Å². The maximum atomic E-state index is 5.71. The van der Waals surface area contributed by atoms with Gasteiger partial charge in [0.25, 0.3) is 0 Å². The molecule has 2 heteroatoms. The molecule has 0 spiro atoms. The molecule has 0 unspecified atom stereocenters. The Morgan fingerprint density at radius 1 is 1.25 bits per heavy atom. The average molecular weight is 166 g/mol. The number of fused-ring (bicyclic) bond motifs is 1. The molecule has 3 N–H and O–H groups in total. The molecule has 1 aromatic rings. The molecule has 0 aliphatic heterocycles. The zero-order valence-electron chi connectivity index (χ0n) is 7.98. The van der Waals surface area contributed by atoms with Gasteiger partial charge in [-0.2, -0.15) is 0 Å². The second-order valence-electron chi connectivity index (χ2n) is 2.91. The predicted molar refractivity (Wildman–Crippen MR) is 53.2 cm³/mol. The fourth-order valence-electron chi connectivity index (χ4n) is 1.65. The van der Waals surface area contributed by atoms with Crippen molar-refractivity contribution in [3.05, 3.63) is 17.3 Å². The molecule has 0 fully saturated rings. The fraction of sp³-hybridized carbons (Fsp3) is 0.600. The smallest absolute Gasteiger partial charge is 0.104 e. The highest BCUT2D eigenvalue weighted by Crippen LogP contribution is 2.24. The molecule has 12 heavy (non-hydrogen) atoms. The van der Waals surface area contributed by atoms with Crippen LogP contribution in [0.1, 0.15) is 37.8 Å². The molecule has 0 bridgehead atoms. The van der Waals surface area contributed by atoms with Gasteiger partial charge >= 0.3 is 0 Å². The Kier molecular flexibility index (Phi) is 3.20. The van der Waals surface area contributed by atoms with Gasteiger partial charge in [-0.3, -0.25) is 0 Å². The normalized spacial score (nSPS) is 14.5. The number of hydrogen-bond acceptors (Lipinski definition) is 1. The minimum Gasteiger partial charge on any atom is -0.385 e. The van der Waals surface area contributed by atoms with E-state index in [1.54, 1.807) is 0 Å². The summed E-state index contributed by atoms with van der Waals surface area (Å²) in [5, 5.41) is 0. The molecule has 1 aliphatic rings. The van der Waals surface area contributed by atoms with Gasteiger partial charge in [-0.15, -0.1) is 0 Å². The van der Waals surface area contributed by atoms with Crippen LogP contribution in [0.3, 0.4) is 0 Å². The molecule has 1 aromatic heterocycles. The van der Waals surface area contributed by atoms with Crippen LogP contribution in [0.15, 0.2) is 6.20 Å². The topological polar surface area (TPSA) is 41.8 Å². The first-order chi connectivity index (χ1) is 5.88. The number of aromatic nitrogens is 1. The number of nitrogen functional groups attached to an aromatic ring is 1. The van der Waals surface area contributed by atoms with Gasteiger partial charge in [-0.1, -0.05) is 13.8 Å². The molecule has 2 nitrogen and oxygen atoms in total. The number of aryl methyl sites for hydroxylation is 1. The van der Waals surface area contributed by atoms with E-state index in [9.17, 15) is 0 Å². The van der Waals surface area contributed by atoms with Crippen molar-refractivity contribution in [3.8, 4) is 0 Å². The highest BCUT2D eigenvalue weighted by molar-refractivity contribution is 5.46. The van der Waals surface area contributed by atoms with Crippen LogP contribution in [-0.4, -0.2) is 4.98 Å². The molecule has 0 aromatic carbocycles. The second-order valence-corrected chi connectivity index (χ2v) is 2.91. The van der Waals surface area contributed by atoms with E-state index in [4.69, 9.17) is 5.73 Å². The zero-order valence-corrected chi connectivity index (χ0v) is 7.98. The standard InChI is InChI=1S/C8H12N2.C2H6/c9-8-7-4-2-1-3-6(7)5-10-8;1-2/h5,10H,1-4,9H2;1-2H3. The van der Waals surface area contributed by atoms with E-state index >= 15 is 0 Å². The van der Waals surface area contributed by atoms with Crippen molar-refractivity contribution in [1.29, 1.82) is 0 Å². The molecule has 2 rings (SSSR count). The van der Waals surface area contributed by atoms with Crippen LogP contribution < -0.4 is 5.73 Å². The van der Waals surface area contributed by atoms with E-state index in [1.165, 1.54) is 36.8 Å². The first-order valence-corrected chi connectivity index (χ1v) is 4.82.